The molecule has 1 saturated heterocycles. The fourth-order valence-electron chi connectivity index (χ4n) is 2.67. The molecule has 0 aromatic rings. The summed E-state index contributed by atoms with van der Waals surface area (Å²) in [6.07, 6.45) is 3.14. The van der Waals surface area contributed by atoms with E-state index in [0.717, 1.165) is 19.3 Å². The maximum Gasteiger partial charge on any atom is 0.233 e. The van der Waals surface area contributed by atoms with E-state index in [1.807, 2.05) is 18.7 Å². The predicted molar refractivity (Wildman–Crippen MR) is 70.9 cm³/mol. The van der Waals surface area contributed by atoms with Gasteiger partial charge in [0, 0.05) is 24.5 Å². The molecule has 3 N–H and O–H groups in total. The summed E-state index contributed by atoms with van der Waals surface area (Å²) in [6.45, 7) is 6.17. The molecule has 0 spiro atoms. The molecule has 1 aliphatic rings. The number of likely N-dealkylation sites (tertiary alicyclic amines) is 1. The zero-order chi connectivity index (χ0) is 13.7. The van der Waals surface area contributed by atoms with Crippen LogP contribution in [0.1, 0.15) is 46.5 Å². The van der Waals surface area contributed by atoms with Gasteiger partial charge in [-0.3, -0.25) is 9.59 Å². The minimum absolute atomic E-state index is 0.0181. The van der Waals surface area contributed by atoms with Crippen molar-refractivity contribution in [2.24, 2.45) is 5.73 Å². The molecule has 18 heavy (non-hydrogen) atoms. The molecule has 5 nitrogen and oxygen atoms in total. The molecule has 0 aliphatic carbocycles. The van der Waals surface area contributed by atoms with Gasteiger partial charge in [0.15, 0.2) is 0 Å². The number of hydrogen-bond acceptors (Lipinski definition) is 3. The van der Waals surface area contributed by atoms with Crippen LogP contribution in [0.25, 0.3) is 0 Å². The Balaban J connectivity index is 2.73. The van der Waals surface area contributed by atoms with Crippen LogP contribution in [0.3, 0.4) is 0 Å². The number of nitrogens with zero attached hydrogens (tertiary/aromatic N) is 1. The van der Waals surface area contributed by atoms with Crippen molar-refractivity contribution in [3.8, 4) is 0 Å². The first-order chi connectivity index (χ1) is 8.49. The van der Waals surface area contributed by atoms with Gasteiger partial charge in [-0.1, -0.05) is 6.92 Å². The average molecular weight is 255 g/mol. The smallest absolute Gasteiger partial charge is 0.233 e. The highest BCUT2D eigenvalue weighted by molar-refractivity contribution is 5.81. The Morgan fingerprint density at radius 3 is 2.67 bits per heavy atom. The van der Waals surface area contributed by atoms with Crippen LogP contribution < -0.4 is 11.1 Å². The molecule has 2 atom stereocenters. The van der Waals surface area contributed by atoms with Gasteiger partial charge in [0.25, 0.3) is 0 Å². The second-order valence-electron chi connectivity index (χ2n) is 5.21. The van der Waals surface area contributed by atoms with E-state index >= 15 is 0 Å². The predicted octanol–water partition coefficient (Wildman–Crippen LogP) is 0.629. The van der Waals surface area contributed by atoms with Gasteiger partial charge < -0.3 is 16.0 Å². The first-order valence-electron chi connectivity index (χ1n) is 6.80. The number of carbonyl (C=O) groups excluding carboxylic acids is 2. The number of carbonyl (C=O) groups is 2. The number of hydrogen-bond donors (Lipinski definition) is 2. The maximum atomic E-state index is 12.2. The molecular formula is C13H25N3O2. The number of amides is 2. The zero-order valence-electron chi connectivity index (χ0n) is 11.6. The van der Waals surface area contributed by atoms with E-state index in [1.54, 1.807) is 0 Å². The van der Waals surface area contributed by atoms with Crippen LogP contribution in [0.15, 0.2) is 0 Å². The topological polar surface area (TPSA) is 75.4 Å². The van der Waals surface area contributed by atoms with Crippen molar-refractivity contribution in [2.45, 2.75) is 64.6 Å². The molecule has 1 heterocycles. The van der Waals surface area contributed by atoms with Gasteiger partial charge in [-0.2, -0.15) is 0 Å². The Labute approximate surface area is 109 Å². The zero-order valence-corrected chi connectivity index (χ0v) is 11.6. The largest absolute Gasteiger partial charge is 0.352 e. The average Bonchev–Trinajstić information content (AvgIpc) is 2.47. The van der Waals surface area contributed by atoms with E-state index in [9.17, 15) is 9.59 Å². The second kappa shape index (κ2) is 6.73. The lowest BCUT2D eigenvalue weighted by atomic mass is 10.0. The Morgan fingerprint density at radius 2 is 2.17 bits per heavy atom. The fourth-order valence-corrected chi connectivity index (χ4v) is 2.67. The van der Waals surface area contributed by atoms with Crippen molar-refractivity contribution in [1.82, 2.24) is 10.2 Å². The normalized spacial score (nSPS) is 25.2. The van der Waals surface area contributed by atoms with Crippen LogP contribution in [-0.2, 0) is 9.59 Å². The van der Waals surface area contributed by atoms with E-state index in [-0.39, 0.29) is 36.5 Å². The monoisotopic (exact) mass is 255 g/mol. The molecular weight excluding hydrogens is 230 g/mol. The standard InChI is InChI=1S/C13H25N3O2/c1-4-11-6-5-10(15-12(17)8-14)7-13(18)16(11)9(2)3/h9-11H,4-8,14H2,1-3H3,(H,15,17)/t10-,11?/m0/s1. The Kier molecular flexibility index (Phi) is 5.59. The molecule has 1 fully saturated rings. The third-order valence-corrected chi connectivity index (χ3v) is 3.53. The summed E-state index contributed by atoms with van der Waals surface area (Å²) in [5.41, 5.74) is 5.28. The lowest BCUT2D eigenvalue weighted by molar-refractivity contribution is -0.135. The van der Waals surface area contributed by atoms with Gasteiger partial charge in [0.05, 0.1) is 6.54 Å². The summed E-state index contributed by atoms with van der Waals surface area (Å²) in [5, 5.41) is 2.83. The van der Waals surface area contributed by atoms with E-state index in [0.29, 0.717) is 6.42 Å². The molecule has 0 aromatic carbocycles. The number of nitrogens with two attached hydrogens (primary N) is 1. The highest BCUT2D eigenvalue weighted by Crippen LogP contribution is 2.22. The molecule has 1 unspecified atom stereocenters. The third-order valence-electron chi connectivity index (χ3n) is 3.53. The van der Waals surface area contributed by atoms with E-state index in [4.69, 9.17) is 5.73 Å². The van der Waals surface area contributed by atoms with Crippen molar-refractivity contribution < 1.29 is 9.59 Å². The lowest BCUT2D eigenvalue weighted by Crippen LogP contribution is -2.44. The summed E-state index contributed by atoms with van der Waals surface area (Å²) >= 11 is 0. The minimum Gasteiger partial charge on any atom is -0.352 e. The van der Waals surface area contributed by atoms with E-state index in [2.05, 4.69) is 12.2 Å². The summed E-state index contributed by atoms with van der Waals surface area (Å²) in [7, 11) is 0. The molecule has 1 rings (SSSR count). The first-order valence-corrected chi connectivity index (χ1v) is 6.80. The molecule has 1 aliphatic heterocycles. The Hall–Kier alpha value is -1.10. The molecule has 0 aromatic heterocycles. The van der Waals surface area contributed by atoms with Gasteiger partial charge in [-0.05, 0) is 33.1 Å². The SMILES string of the molecule is CCC1CC[C@H](NC(=O)CN)CC(=O)N1C(C)C. The van der Waals surface area contributed by atoms with Gasteiger partial charge in [0.1, 0.15) is 0 Å². The fraction of sp³-hybridized carbons (Fsp3) is 0.846. The highest BCUT2D eigenvalue weighted by atomic mass is 16.2. The van der Waals surface area contributed by atoms with Crippen molar-refractivity contribution in [3.63, 3.8) is 0 Å². The molecule has 2 amide bonds. The molecule has 0 radical (unpaired) electrons. The number of rotatable bonds is 4. The van der Waals surface area contributed by atoms with Crippen LogP contribution in [0, 0.1) is 0 Å². The van der Waals surface area contributed by atoms with Crippen molar-refractivity contribution >= 4 is 11.8 Å². The number of nitrogens with one attached hydrogen (secondary N) is 1. The molecule has 0 bridgehead atoms. The molecule has 0 saturated carbocycles. The summed E-state index contributed by atoms with van der Waals surface area (Å²) < 4.78 is 0. The minimum atomic E-state index is -0.182. The maximum absolute atomic E-state index is 12.2. The van der Waals surface area contributed by atoms with Crippen LogP contribution in [0.4, 0.5) is 0 Å². The lowest BCUT2D eigenvalue weighted by Gasteiger charge is -2.33. The first kappa shape index (κ1) is 15.0. The van der Waals surface area contributed by atoms with Gasteiger partial charge in [0.2, 0.25) is 11.8 Å². The van der Waals surface area contributed by atoms with Crippen molar-refractivity contribution in [2.75, 3.05) is 6.54 Å². The van der Waals surface area contributed by atoms with E-state index in [1.165, 1.54) is 0 Å². The summed E-state index contributed by atoms with van der Waals surface area (Å²) in [6, 6.07) is 0.440. The van der Waals surface area contributed by atoms with Crippen LogP contribution in [-0.4, -0.2) is 41.4 Å². The Bertz CT molecular complexity index is 305. The van der Waals surface area contributed by atoms with Crippen LogP contribution in [0.2, 0.25) is 0 Å². The third kappa shape index (κ3) is 3.70. The van der Waals surface area contributed by atoms with Gasteiger partial charge >= 0.3 is 0 Å². The van der Waals surface area contributed by atoms with Crippen molar-refractivity contribution in [1.29, 1.82) is 0 Å². The highest BCUT2D eigenvalue weighted by Gasteiger charge is 2.31. The summed E-state index contributed by atoms with van der Waals surface area (Å²) in [5.74, 6) is -0.0458. The van der Waals surface area contributed by atoms with Gasteiger partial charge in [-0.25, -0.2) is 0 Å². The van der Waals surface area contributed by atoms with E-state index < -0.39 is 0 Å². The van der Waals surface area contributed by atoms with Crippen molar-refractivity contribution in [3.05, 3.63) is 0 Å². The molecule has 5 heteroatoms. The summed E-state index contributed by atoms with van der Waals surface area (Å²) in [4.78, 5) is 25.5. The van der Waals surface area contributed by atoms with Crippen LogP contribution in [0.5, 0.6) is 0 Å². The quantitative estimate of drug-likeness (QED) is 0.773. The Morgan fingerprint density at radius 1 is 1.50 bits per heavy atom. The molecule has 104 valence electrons. The van der Waals surface area contributed by atoms with Gasteiger partial charge in [-0.15, -0.1) is 0 Å². The second-order valence-corrected chi connectivity index (χ2v) is 5.21. The van der Waals surface area contributed by atoms with Crippen LogP contribution >= 0.6 is 0 Å².